The van der Waals surface area contributed by atoms with Crippen molar-refractivity contribution in [3.8, 4) is 0 Å². The monoisotopic (exact) mass is 398 g/mol. The minimum atomic E-state index is -4.53. The van der Waals surface area contributed by atoms with Crippen molar-refractivity contribution in [2.45, 2.75) is 12.8 Å². The summed E-state index contributed by atoms with van der Waals surface area (Å²) in [6.45, 7) is -0.477. The summed E-state index contributed by atoms with van der Waals surface area (Å²) in [4.78, 5) is 19.1. The van der Waals surface area contributed by atoms with Crippen LogP contribution in [0.3, 0.4) is 0 Å². The van der Waals surface area contributed by atoms with E-state index >= 15 is 0 Å². The van der Waals surface area contributed by atoms with Crippen LogP contribution in [0.2, 0.25) is 0 Å². The van der Waals surface area contributed by atoms with Crippen molar-refractivity contribution in [2.24, 2.45) is 0 Å². The van der Waals surface area contributed by atoms with E-state index in [0.717, 1.165) is 6.07 Å². The van der Waals surface area contributed by atoms with Crippen molar-refractivity contribution in [2.75, 3.05) is 0 Å². The average molecular weight is 399 g/mol. The van der Waals surface area contributed by atoms with Crippen LogP contribution in [-0.2, 0) is 17.5 Å². The Kier molecular flexibility index (Phi) is 4.31. The summed E-state index contributed by atoms with van der Waals surface area (Å²) in [5.74, 6) is -0.710. The number of H-pyrrole nitrogens is 1. The smallest absolute Gasteiger partial charge is 0.416 e. The molecule has 1 aromatic carbocycles. The van der Waals surface area contributed by atoms with E-state index in [9.17, 15) is 18.0 Å². The number of alkyl halides is 3. The zero-order valence-corrected chi connectivity index (χ0v) is 13.6. The van der Waals surface area contributed by atoms with Gasteiger partial charge in [-0.05, 0) is 24.3 Å². The van der Waals surface area contributed by atoms with Crippen LogP contribution in [0.1, 0.15) is 21.5 Å². The van der Waals surface area contributed by atoms with Crippen molar-refractivity contribution in [3.05, 3.63) is 63.9 Å². The standard InChI is InChI=1S/C16H10BrF3N2O2/c17-10-2-1-9(13(7-10)16(18,19)20)8-24-15(23)12-4-6-22-14-11(12)3-5-21-14/h1-7H,8H2,(H,21,22). The number of aromatic amines is 1. The number of fused-ring (bicyclic) bond motifs is 1. The lowest BCUT2D eigenvalue weighted by molar-refractivity contribution is -0.138. The molecule has 24 heavy (non-hydrogen) atoms. The minimum Gasteiger partial charge on any atom is -0.457 e. The molecule has 2 heterocycles. The molecule has 1 N–H and O–H groups in total. The Labute approximate surface area is 142 Å². The number of aromatic nitrogens is 2. The predicted octanol–water partition coefficient (Wildman–Crippen LogP) is 4.70. The summed E-state index contributed by atoms with van der Waals surface area (Å²) in [7, 11) is 0. The molecule has 4 nitrogen and oxygen atoms in total. The molecule has 3 rings (SSSR count). The Bertz CT molecular complexity index is 906. The van der Waals surface area contributed by atoms with E-state index in [1.165, 1.54) is 24.4 Å². The quantitative estimate of drug-likeness (QED) is 0.650. The molecule has 0 bridgehead atoms. The van der Waals surface area contributed by atoms with Crippen LogP contribution in [-0.4, -0.2) is 15.9 Å². The highest BCUT2D eigenvalue weighted by atomic mass is 79.9. The zero-order valence-electron chi connectivity index (χ0n) is 12.0. The first-order valence-electron chi connectivity index (χ1n) is 6.81. The highest BCUT2D eigenvalue weighted by molar-refractivity contribution is 9.10. The highest BCUT2D eigenvalue weighted by Gasteiger charge is 2.33. The third kappa shape index (κ3) is 3.28. The van der Waals surface area contributed by atoms with Gasteiger partial charge in [0, 0.05) is 27.8 Å². The number of hydrogen-bond donors (Lipinski definition) is 1. The van der Waals surface area contributed by atoms with Gasteiger partial charge >= 0.3 is 12.1 Å². The highest BCUT2D eigenvalue weighted by Crippen LogP contribution is 2.34. The Morgan fingerprint density at radius 1 is 1.25 bits per heavy atom. The van der Waals surface area contributed by atoms with Crippen molar-refractivity contribution in [1.82, 2.24) is 9.97 Å². The van der Waals surface area contributed by atoms with Gasteiger partial charge in [-0.3, -0.25) is 0 Å². The van der Waals surface area contributed by atoms with Crippen molar-refractivity contribution in [1.29, 1.82) is 0 Å². The molecular weight excluding hydrogens is 389 g/mol. The van der Waals surface area contributed by atoms with Gasteiger partial charge in [0.1, 0.15) is 12.3 Å². The van der Waals surface area contributed by atoms with Gasteiger partial charge in [-0.15, -0.1) is 0 Å². The van der Waals surface area contributed by atoms with Gasteiger partial charge in [-0.2, -0.15) is 13.2 Å². The summed E-state index contributed by atoms with van der Waals surface area (Å²) in [5, 5.41) is 0.550. The largest absolute Gasteiger partial charge is 0.457 e. The number of pyridine rings is 1. The number of rotatable bonds is 3. The molecule has 0 aliphatic heterocycles. The second-order valence-electron chi connectivity index (χ2n) is 4.97. The number of halogens is 4. The number of esters is 1. The summed E-state index contributed by atoms with van der Waals surface area (Å²) >= 11 is 3.01. The first kappa shape index (κ1) is 16.5. The second-order valence-corrected chi connectivity index (χ2v) is 5.89. The number of carbonyl (C=O) groups is 1. The van der Waals surface area contributed by atoms with E-state index in [2.05, 4.69) is 25.9 Å². The predicted molar refractivity (Wildman–Crippen MR) is 84.4 cm³/mol. The van der Waals surface area contributed by atoms with E-state index in [1.807, 2.05) is 0 Å². The molecule has 0 fully saturated rings. The maximum Gasteiger partial charge on any atom is 0.416 e. The molecule has 0 aliphatic carbocycles. The zero-order chi connectivity index (χ0) is 17.3. The van der Waals surface area contributed by atoms with Crippen molar-refractivity contribution >= 4 is 32.9 Å². The number of benzene rings is 1. The lowest BCUT2D eigenvalue weighted by Crippen LogP contribution is -2.12. The Morgan fingerprint density at radius 2 is 2.04 bits per heavy atom. The fraction of sp³-hybridized carbons (Fsp3) is 0.125. The number of hydrogen-bond acceptors (Lipinski definition) is 3. The van der Waals surface area contributed by atoms with Crippen LogP contribution < -0.4 is 0 Å². The van der Waals surface area contributed by atoms with E-state index in [1.54, 1.807) is 12.3 Å². The summed E-state index contributed by atoms with van der Waals surface area (Å²) in [6.07, 6.45) is -1.49. The first-order chi connectivity index (χ1) is 11.4. The van der Waals surface area contributed by atoms with Crippen molar-refractivity contribution in [3.63, 3.8) is 0 Å². The van der Waals surface area contributed by atoms with Crippen LogP contribution >= 0.6 is 15.9 Å². The molecule has 3 aromatic rings. The van der Waals surface area contributed by atoms with E-state index in [4.69, 9.17) is 4.74 Å². The molecule has 0 unspecified atom stereocenters. The summed E-state index contributed by atoms with van der Waals surface area (Å²) in [5.41, 5.74) is -0.208. The lowest BCUT2D eigenvalue weighted by Gasteiger charge is -2.13. The molecule has 0 spiro atoms. The Hall–Kier alpha value is -2.35. The molecule has 0 saturated carbocycles. The van der Waals surface area contributed by atoms with Crippen LogP contribution in [0.5, 0.6) is 0 Å². The van der Waals surface area contributed by atoms with Gasteiger partial charge in [0.15, 0.2) is 0 Å². The van der Waals surface area contributed by atoms with Gasteiger partial charge < -0.3 is 9.72 Å². The van der Waals surface area contributed by atoms with Crippen LogP contribution in [0, 0.1) is 0 Å². The summed E-state index contributed by atoms with van der Waals surface area (Å²) < 4.78 is 44.6. The number of nitrogens with zero attached hydrogens (tertiary/aromatic N) is 1. The third-order valence-electron chi connectivity index (χ3n) is 3.42. The van der Waals surface area contributed by atoms with E-state index in [-0.39, 0.29) is 11.1 Å². The van der Waals surface area contributed by atoms with Gasteiger partial charge in [0.2, 0.25) is 0 Å². The van der Waals surface area contributed by atoms with E-state index < -0.39 is 24.3 Å². The number of ether oxygens (including phenoxy) is 1. The first-order valence-corrected chi connectivity index (χ1v) is 7.60. The Balaban J connectivity index is 1.84. The van der Waals surface area contributed by atoms with Crippen LogP contribution in [0.15, 0.2) is 47.2 Å². The molecule has 8 heteroatoms. The van der Waals surface area contributed by atoms with Gasteiger partial charge in [-0.1, -0.05) is 22.0 Å². The minimum absolute atomic E-state index is 0.113. The Morgan fingerprint density at radius 3 is 2.79 bits per heavy atom. The van der Waals surface area contributed by atoms with Gasteiger partial charge in [0.05, 0.1) is 11.1 Å². The van der Waals surface area contributed by atoms with Crippen LogP contribution in [0.25, 0.3) is 11.0 Å². The molecule has 0 radical (unpaired) electrons. The third-order valence-corrected chi connectivity index (χ3v) is 3.91. The second kappa shape index (κ2) is 6.27. The molecule has 0 aliphatic rings. The molecule has 2 aromatic heterocycles. The normalized spacial score (nSPS) is 11.7. The summed E-state index contributed by atoms with van der Waals surface area (Å²) in [6, 6.07) is 6.82. The maximum absolute atomic E-state index is 13.1. The molecule has 0 saturated heterocycles. The maximum atomic E-state index is 13.1. The average Bonchev–Trinajstić information content (AvgIpc) is 3.01. The fourth-order valence-electron chi connectivity index (χ4n) is 2.30. The van der Waals surface area contributed by atoms with Gasteiger partial charge in [0.25, 0.3) is 0 Å². The lowest BCUT2D eigenvalue weighted by atomic mass is 10.1. The molecule has 0 amide bonds. The van der Waals surface area contributed by atoms with Gasteiger partial charge in [-0.25, -0.2) is 9.78 Å². The topological polar surface area (TPSA) is 55.0 Å². The molecule has 0 atom stereocenters. The van der Waals surface area contributed by atoms with E-state index in [0.29, 0.717) is 15.5 Å². The van der Waals surface area contributed by atoms with Crippen molar-refractivity contribution < 1.29 is 22.7 Å². The molecule has 124 valence electrons. The fourth-order valence-corrected chi connectivity index (χ4v) is 2.66. The SMILES string of the molecule is O=C(OCc1ccc(Br)cc1C(F)(F)F)c1ccnc2[nH]ccc12. The van der Waals surface area contributed by atoms with Crippen LogP contribution in [0.4, 0.5) is 13.2 Å². The number of nitrogens with one attached hydrogen (secondary N) is 1. The number of carbonyl (C=O) groups excluding carboxylic acids is 1. The molecular formula is C16H10BrF3N2O2.